The normalized spacial score (nSPS) is 11.9. The summed E-state index contributed by atoms with van der Waals surface area (Å²) in [5, 5.41) is 3.71. The SMILES string of the molecule is O=c1oc(-c2cc(C(F)(F)F)nn2-c2ncccc2Cl)nc2cccc(Cl)c12. The standard InChI is InChI=1S/C17H7Cl2F3N4O2/c18-8-3-1-5-10-13(8)16(27)28-15(24-10)11-7-12(17(20,21)22)25-26(11)14-9(19)4-2-6-23-14/h1-7H. The van der Waals surface area contributed by atoms with Gasteiger partial charge in [-0.15, -0.1) is 0 Å². The molecule has 0 fully saturated rings. The molecule has 3 aromatic heterocycles. The van der Waals surface area contributed by atoms with Gasteiger partial charge in [0.1, 0.15) is 11.1 Å². The maximum atomic E-state index is 13.2. The number of alkyl halides is 3. The number of nitrogens with zero attached hydrogens (tertiary/aromatic N) is 4. The van der Waals surface area contributed by atoms with Crippen molar-refractivity contribution in [2.45, 2.75) is 6.18 Å². The van der Waals surface area contributed by atoms with Crippen molar-refractivity contribution in [1.82, 2.24) is 19.7 Å². The number of benzene rings is 1. The Morgan fingerprint density at radius 1 is 1.07 bits per heavy atom. The van der Waals surface area contributed by atoms with E-state index >= 15 is 0 Å². The second-order valence-electron chi connectivity index (χ2n) is 5.57. The summed E-state index contributed by atoms with van der Waals surface area (Å²) in [6.45, 7) is 0. The van der Waals surface area contributed by atoms with Gasteiger partial charge in [0, 0.05) is 12.3 Å². The predicted octanol–water partition coefficient (Wildman–Crippen LogP) is 4.76. The lowest BCUT2D eigenvalue weighted by molar-refractivity contribution is -0.141. The molecule has 0 N–H and O–H groups in total. The molecule has 142 valence electrons. The van der Waals surface area contributed by atoms with Gasteiger partial charge in [-0.05, 0) is 24.3 Å². The van der Waals surface area contributed by atoms with E-state index in [0.29, 0.717) is 6.07 Å². The number of aromatic nitrogens is 4. The Labute approximate surface area is 164 Å². The average Bonchev–Trinajstić information content (AvgIpc) is 3.07. The summed E-state index contributed by atoms with van der Waals surface area (Å²) in [5.74, 6) is -0.463. The van der Waals surface area contributed by atoms with E-state index in [-0.39, 0.29) is 38.4 Å². The van der Waals surface area contributed by atoms with Crippen molar-refractivity contribution < 1.29 is 17.6 Å². The number of hydrogen-bond acceptors (Lipinski definition) is 5. The first kappa shape index (κ1) is 18.5. The van der Waals surface area contributed by atoms with Crippen molar-refractivity contribution in [3.8, 4) is 17.4 Å². The summed E-state index contributed by atoms with van der Waals surface area (Å²) in [5.41, 5.74) is -2.15. The van der Waals surface area contributed by atoms with Gasteiger partial charge in [0.15, 0.2) is 11.5 Å². The Balaban J connectivity index is 2.02. The maximum Gasteiger partial charge on any atom is 0.435 e. The van der Waals surface area contributed by atoms with Crippen molar-refractivity contribution >= 4 is 34.1 Å². The Hall–Kier alpha value is -2.91. The minimum atomic E-state index is -4.75. The Kier molecular flexibility index (Phi) is 4.35. The van der Waals surface area contributed by atoms with Crippen molar-refractivity contribution in [2.24, 2.45) is 0 Å². The fourth-order valence-electron chi connectivity index (χ4n) is 2.56. The smallest absolute Gasteiger partial charge is 0.401 e. The van der Waals surface area contributed by atoms with Crippen LogP contribution in [0.4, 0.5) is 13.2 Å². The Bertz CT molecular complexity index is 1270. The van der Waals surface area contributed by atoms with Gasteiger partial charge in [-0.3, -0.25) is 0 Å². The molecule has 0 saturated heterocycles. The van der Waals surface area contributed by atoms with Crippen LogP contribution in [0, 0.1) is 0 Å². The first-order valence-electron chi connectivity index (χ1n) is 7.63. The van der Waals surface area contributed by atoms with Crippen molar-refractivity contribution in [3.63, 3.8) is 0 Å². The number of hydrogen-bond donors (Lipinski definition) is 0. The van der Waals surface area contributed by atoms with Gasteiger partial charge in [0.05, 0.1) is 15.6 Å². The number of rotatable bonds is 2. The van der Waals surface area contributed by atoms with Gasteiger partial charge in [-0.2, -0.15) is 18.3 Å². The summed E-state index contributed by atoms with van der Waals surface area (Å²) in [7, 11) is 0. The minimum absolute atomic E-state index is 0.0193. The highest BCUT2D eigenvalue weighted by atomic mass is 35.5. The Morgan fingerprint density at radius 2 is 1.82 bits per heavy atom. The van der Waals surface area contributed by atoms with Crippen LogP contribution in [-0.2, 0) is 6.18 Å². The van der Waals surface area contributed by atoms with E-state index in [1.54, 1.807) is 6.07 Å². The van der Waals surface area contributed by atoms with Crippen LogP contribution >= 0.6 is 23.2 Å². The first-order chi connectivity index (χ1) is 13.3. The zero-order valence-corrected chi connectivity index (χ0v) is 15.0. The van der Waals surface area contributed by atoms with Crippen LogP contribution in [0.15, 0.2) is 51.8 Å². The molecule has 0 amide bonds. The molecule has 1 aromatic carbocycles. The van der Waals surface area contributed by atoms with Crippen molar-refractivity contribution in [2.75, 3.05) is 0 Å². The monoisotopic (exact) mass is 426 g/mol. The topological polar surface area (TPSA) is 73.8 Å². The van der Waals surface area contributed by atoms with Crippen molar-refractivity contribution in [3.05, 3.63) is 68.8 Å². The summed E-state index contributed by atoms with van der Waals surface area (Å²) < 4.78 is 45.7. The highest BCUT2D eigenvalue weighted by Gasteiger charge is 2.36. The quantitative estimate of drug-likeness (QED) is 0.461. The first-order valence-corrected chi connectivity index (χ1v) is 8.39. The zero-order valence-electron chi connectivity index (χ0n) is 13.5. The lowest BCUT2D eigenvalue weighted by atomic mass is 10.2. The molecule has 6 nitrogen and oxygen atoms in total. The van der Waals surface area contributed by atoms with Crippen LogP contribution in [0.3, 0.4) is 0 Å². The molecule has 0 aliphatic rings. The molecule has 4 rings (SSSR count). The third kappa shape index (κ3) is 3.12. The number of pyridine rings is 1. The molecular weight excluding hydrogens is 420 g/mol. The molecular formula is C17H7Cl2F3N4O2. The largest absolute Gasteiger partial charge is 0.435 e. The molecule has 3 heterocycles. The summed E-state index contributed by atoms with van der Waals surface area (Å²) in [6.07, 6.45) is -3.41. The van der Waals surface area contributed by atoms with E-state index in [0.717, 1.165) is 4.68 Å². The van der Waals surface area contributed by atoms with Crippen molar-refractivity contribution in [1.29, 1.82) is 0 Å². The van der Waals surface area contributed by atoms with E-state index in [9.17, 15) is 18.0 Å². The van der Waals surface area contributed by atoms with E-state index in [2.05, 4.69) is 15.1 Å². The predicted molar refractivity (Wildman–Crippen MR) is 95.7 cm³/mol. The van der Waals surface area contributed by atoms with Gasteiger partial charge in [-0.1, -0.05) is 29.3 Å². The molecule has 4 aromatic rings. The fourth-order valence-corrected chi connectivity index (χ4v) is 3.00. The molecule has 0 unspecified atom stereocenters. The summed E-state index contributed by atoms with van der Waals surface area (Å²) in [6, 6.07) is 8.16. The summed E-state index contributed by atoms with van der Waals surface area (Å²) >= 11 is 12.0. The Morgan fingerprint density at radius 3 is 2.54 bits per heavy atom. The van der Waals surface area contributed by atoms with Crippen LogP contribution in [0.2, 0.25) is 10.0 Å². The number of halogens is 5. The highest BCUT2D eigenvalue weighted by molar-refractivity contribution is 6.35. The maximum absolute atomic E-state index is 13.2. The molecule has 0 bridgehead atoms. The van der Waals surface area contributed by atoms with Gasteiger partial charge in [0.2, 0.25) is 5.89 Å². The minimum Gasteiger partial charge on any atom is -0.401 e. The lowest BCUT2D eigenvalue weighted by Gasteiger charge is -2.07. The molecule has 11 heteroatoms. The molecule has 0 spiro atoms. The second kappa shape index (κ2) is 6.61. The third-order valence-corrected chi connectivity index (χ3v) is 4.38. The van der Waals surface area contributed by atoms with Gasteiger partial charge >= 0.3 is 11.8 Å². The molecule has 0 aliphatic carbocycles. The van der Waals surface area contributed by atoms with E-state index < -0.39 is 17.5 Å². The lowest BCUT2D eigenvalue weighted by Crippen LogP contribution is -2.09. The van der Waals surface area contributed by atoms with Gasteiger partial charge in [0.25, 0.3) is 0 Å². The zero-order chi connectivity index (χ0) is 20.1. The molecule has 0 saturated carbocycles. The fraction of sp³-hybridized carbons (Fsp3) is 0.0588. The van der Waals surface area contributed by atoms with E-state index in [4.69, 9.17) is 27.6 Å². The second-order valence-corrected chi connectivity index (χ2v) is 6.39. The molecule has 0 radical (unpaired) electrons. The number of fused-ring (bicyclic) bond motifs is 1. The molecule has 0 atom stereocenters. The van der Waals surface area contributed by atoms with E-state index in [1.807, 2.05) is 0 Å². The highest BCUT2D eigenvalue weighted by Crippen LogP contribution is 2.33. The summed E-state index contributed by atoms with van der Waals surface area (Å²) in [4.78, 5) is 20.4. The third-order valence-electron chi connectivity index (χ3n) is 3.77. The molecule has 0 aliphatic heterocycles. The van der Waals surface area contributed by atoms with Crippen LogP contribution in [0.1, 0.15) is 5.69 Å². The van der Waals surface area contributed by atoms with Gasteiger partial charge in [-0.25, -0.2) is 19.4 Å². The molecule has 28 heavy (non-hydrogen) atoms. The van der Waals surface area contributed by atoms with E-state index in [1.165, 1.54) is 30.5 Å². The van der Waals surface area contributed by atoms with Gasteiger partial charge < -0.3 is 4.42 Å². The average molecular weight is 427 g/mol. The van der Waals surface area contributed by atoms with Crippen LogP contribution in [-0.4, -0.2) is 19.7 Å². The van der Waals surface area contributed by atoms with Crippen LogP contribution in [0.5, 0.6) is 0 Å². The van der Waals surface area contributed by atoms with Crippen LogP contribution < -0.4 is 5.63 Å². The van der Waals surface area contributed by atoms with Crippen LogP contribution in [0.25, 0.3) is 28.3 Å².